The number of rotatable bonds is 8. The second-order valence-corrected chi connectivity index (χ2v) is 6.22. The molecule has 3 aromatic rings. The minimum atomic E-state index is -0.537. The molecule has 0 radical (unpaired) electrons. The maximum Gasteiger partial charge on any atom is 0.270 e. The van der Waals surface area contributed by atoms with Gasteiger partial charge in [-0.15, -0.1) is 0 Å². The molecule has 0 aliphatic carbocycles. The molecule has 8 heteroatoms. The smallest absolute Gasteiger partial charge is 0.270 e. The fraction of sp³-hybridized carbons (Fsp3) is 0.143. The van der Waals surface area contributed by atoms with Gasteiger partial charge in [0.15, 0.2) is 0 Å². The number of non-ortho nitro benzene ring substituents is 1. The van der Waals surface area contributed by atoms with Crippen LogP contribution in [-0.2, 0) is 6.42 Å². The van der Waals surface area contributed by atoms with Gasteiger partial charge in [-0.3, -0.25) is 14.9 Å². The molecule has 0 atom stereocenters. The number of amides is 1. The van der Waals surface area contributed by atoms with E-state index in [1.54, 1.807) is 19.2 Å². The van der Waals surface area contributed by atoms with Gasteiger partial charge in [-0.1, -0.05) is 18.2 Å². The van der Waals surface area contributed by atoms with Gasteiger partial charge < -0.3 is 15.4 Å². The molecule has 0 spiro atoms. The Balaban J connectivity index is 1.52. The van der Waals surface area contributed by atoms with Crippen LogP contribution in [0.5, 0.6) is 5.75 Å². The highest BCUT2D eigenvalue weighted by Gasteiger charge is 2.11. The number of carbonyl (C=O) groups is 1. The Morgan fingerprint density at radius 1 is 1.14 bits per heavy atom. The number of hydrogen-bond donors (Lipinski definition) is 2. The lowest BCUT2D eigenvalue weighted by molar-refractivity contribution is -0.384. The Bertz CT molecular complexity index is 988. The van der Waals surface area contributed by atoms with Gasteiger partial charge in [-0.25, -0.2) is 4.98 Å². The van der Waals surface area contributed by atoms with Crippen LogP contribution in [0.25, 0.3) is 0 Å². The quantitative estimate of drug-likeness (QED) is 0.445. The topological polar surface area (TPSA) is 106 Å². The molecule has 2 aromatic carbocycles. The van der Waals surface area contributed by atoms with E-state index in [1.807, 2.05) is 24.3 Å². The lowest BCUT2D eigenvalue weighted by atomic mass is 10.1. The van der Waals surface area contributed by atoms with Gasteiger partial charge in [-0.2, -0.15) is 0 Å². The predicted molar refractivity (Wildman–Crippen MR) is 110 cm³/mol. The SMILES string of the molecule is COc1ccc(CCNc2ccc(NC(=O)c3cccc([N+](=O)[O-])c3)cn2)cc1. The molecule has 148 valence electrons. The number of pyridine rings is 1. The summed E-state index contributed by atoms with van der Waals surface area (Å²) < 4.78 is 5.14. The van der Waals surface area contributed by atoms with Crippen LogP contribution in [0, 0.1) is 10.1 Å². The molecule has 0 aliphatic rings. The summed E-state index contributed by atoms with van der Waals surface area (Å²) in [7, 11) is 1.64. The van der Waals surface area contributed by atoms with Crippen molar-refractivity contribution in [2.24, 2.45) is 0 Å². The van der Waals surface area contributed by atoms with Crippen molar-refractivity contribution in [2.75, 3.05) is 24.3 Å². The highest BCUT2D eigenvalue weighted by molar-refractivity contribution is 6.04. The number of nitro groups is 1. The van der Waals surface area contributed by atoms with Gasteiger partial charge in [0.05, 0.1) is 23.9 Å². The highest BCUT2D eigenvalue weighted by atomic mass is 16.6. The minimum Gasteiger partial charge on any atom is -0.497 e. The normalized spacial score (nSPS) is 10.2. The van der Waals surface area contributed by atoms with E-state index in [0.29, 0.717) is 18.1 Å². The van der Waals surface area contributed by atoms with Crippen LogP contribution in [0.3, 0.4) is 0 Å². The number of nitrogens with zero attached hydrogens (tertiary/aromatic N) is 2. The molecule has 0 saturated heterocycles. The summed E-state index contributed by atoms with van der Waals surface area (Å²) in [5, 5.41) is 16.7. The first-order valence-electron chi connectivity index (χ1n) is 8.94. The number of aromatic nitrogens is 1. The maximum atomic E-state index is 12.3. The van der Waals surface area contributed by atoms with E-state index < -0.39 is 10.8 Å². The number of ether oxygens (including phenoxy) is 1. The lowest BCUT2D eigenvalue weighted by Crippen LogP contribution is -2.12. The van der Waals surface area contributed by atoms with Gasteiger partial charge in [0.1, 0.15) is 11.6 Å². The first-order valence-corrected chi connectivity index (χ1v) is 8.94. The molecule has 1 amide bonds. The van der Waals surface area contributed by atoms with Gasteiger partial charge in [-0.05, 0) is 42.3 Å². The summed E-state index contributed by atoms with van der Waals surface area (Å²) >= 11 is 0. The zero-order valence-corrected chi connectivity index (χ0v) is 15.8. The standard InChI is InChI=1S/C21H20N4O4/c1-29-19-8-5-15(6-9-19)11-12-22-20-10-7-17(14-23-20)24-21(26)16-3-2-4-18(13-16)25(27)28/h2-10,13-14H,11-12H2,1H3,(H,22,23)(H,24,26). The fourth-order valence-electron chi connectivity index (χ4n) is 2.66. The Kier molecular flexibility index (Phi) is 6.36. The lowest BCUT2D eigenvalue weighted by Gasteiger charge is -2.08. The number of nitro benzene ring substituents is 1. The summed E-state index contributed by atoms with van der Waals surface area (Å²) in [4.78, 5) is 26.8. The van der Waals surface area contributed by atoms with Crippen molar-refractivity contribution in [3.8, 4) is 5.75 Å². The van der Waals surface area contributed by atoms with Crippen molar-refractivity contribution in [3.63, 3.8) is 0 Å². The molecule has 0 bridgehead atoms. The number of nitrogens with one attached hydrogen (secondary N) is 2. The summed E-state index contributed by atoms with van der Waals surface area (Å²) in [5.74, 6) is 1.08. The number of benzene rings is 2. The summed E-state index contributed by atoms with van der Waals surface area (Å²) in [6.07, 6.45) is 2.36. The van der Waals surface area contributed by atoms with E-state index in [9.17, 15) is 14.9 Å². The van der Waals surface area contributed by atoms with Crippen LogP contribution in [0.1, 0.15) is 15.9 Å². The van der Waals surface area contributed by atoms with Crippen molar-refractivity contribution in [3.05, 3.63) is 88.1 Å². The molecule has 0 saturated carbocycles. The molecule has 2 N–H and O–H groups in total. The Morgan fingerprint density at radius 2 is 1.93 bits per heavy atom. The van der Waals surface area contributed by atoms with Gasteiger partial charge in [0, 0.05) is 24.2 Å². The Hall–Kier alpha value is -3.94. The van der Waals surface area contributed by atoms with Crippen LogP contribution < -0.4 is 15.4 Å². The monoisotopic (exact) mass is 392 g/mol. The summed E-state index contributed by atoms with van der Waals surface area (Å²) in [6, 6.07) is 16.9. The van der Waals surface area contributed by atoms with Gasteiger partial charge in [0.25, 0.3) is 11.6 Å². The van der Waals surface area contributed by atoms with Crippen molar-refractivity contribution >= 4 is 23.1 Å². The minimum absolute atomic E-state index is 0.132. The zero-order valence-electron chi connectivity index (χ0n) is 15.8. The number of methoxy groups -OCH3 is 1. The van der Waals surface area contributed by atoms with E-state index in [0.717, 1.165) is 12.2 Å². The molecule has 0 fully saturated rings. The second kappa shape index (κ2) is 9.32. The second-order valence-electron chi connectivity index (χ2n) is 6.22. The summed E-state index contributed by atoms with van der Waals surface area (Å²) in [6.45, 7) is 0.707. The molecule has 0 aliphatic heterocycles. The highest BCUT2D eigenvalue weighted by Crippen LogP contribution is 2.16. The van der Waals surface area contributed by atoms with E-state index in [-0.39, 0.29) is 11.3 Å². The number of hydrogen-bond acceptors (Lipinski definition) is 6. The first-order chi connectivity index (χ1) is 14.0. The third-order valence-corrected chi connectivity index (χ3v) is 4.22. The van der Waals surface area contributed by atoms with Crippen LogP contribution in [0.2, 0.25) is 0 Å². The van der Waals surface area contributed by atoms with Crippen LogP contribution in [0.15, 0.2) is 66.9 Å². The Labute approximate surface area is 167 Å². The Morgan fingerprint density at radius 3 is 2.59 bits per heavy atom. The van der Waals surface area contributed by atoms with E-state index in [4.69, 9.17) is 4.74 Å². The molecular weight excluding hydrogens is 372 g/mol. The number of anilines is 2. The molecular formula is C21H20N4O4. The number of carbonyl (C=O) groups excluding carboxylic acids is 1. The van der Waals surface area contributed by atoms with Crippen molar-refractivity contribution in [1.82, 2.24) is 4.98 Å². The van der Waals surface area contributed by atoms with E-state index in [1.165, 1.54) is 36.0 Å². The van der Waals surface area contributed by atoms with Gasteiger partial charge >= 0.3 is 0 Å². The maximum absolute atomic E-state index is 12.3. The third-order valence-electron chi connectivity index (χ3n) is 4.22. The average molecular weight is 392 g/mol. The molecule has 3 rings (SSSR count). The van der Waals surface area contributed by atoms with Crippen molar-refractivity contribution in [2.45, 2.75) is 6.42 Å². The molecule has 1 heterocycles. The fourth-order valence-corrected chi connectivity index (χ4v) is 2.66. The third kappa shape index (κ3) is 5.52. The summed E-state index contributed by atoms with van der Waals surface area (Å²) in [5.41, 5.74) is 1.76. The van der Waals surface area contributed by atoms with E-state index >= 15 is 0 Å². The molecule has 8 nitrogen and oxygen atoms in total. The van der Waals surface area contributed by atoms with Crippen LogP contribution in [0.4, 0.5) is 17.2 Å². The van der Waals surface area contributed by atoms with E-state index in [2.05, 4.69) is 15.6 Å². The molecule has 29 heavy (non-hydrogen) atoms. The van der Waals surface area contributed by atoms with Crippen molar-refractivity contribution in [1.29, 1.82) is 0 Å². The largest absolute Gasteiger partial charge is 0.497 e. The first kappa shape index (κ1) is 19.8. The van der Waals surface area contributed by atoms with Crippen LogP contribution in [-0.4, -0.2) is 29.5 Å². The molecule has 0 unspecified atom stereocenters. The van der Waals surface area contributed by atoms with Crippen LogP contribution >= 0.6 is 0 Å². The average Bonchev–Trinajstić information content (AvgIpc) is 2.75. The molecule has 1 aromatic heterocycles. The van der Waals surface area contributed by atoms with Gasteiger partial charge in [0.2, 0.25) is 0 Å². The zero-order chi connectivity index (χ0) is 20.6. The predicted octanol–water partition coefficient (Wildman–Crippen LogP) is 3.91. The van der Waals surface area contributed by atoms with Crippen molar-refractivity contribution < 1.29 is 14.5 Å².